The molecular formula is C11H10ClNO3. The number of carbonyl (C=O) groups excluding carboxylic acids is 1. The summed E-state index contributed by atoms with van der Waals surface area (Å²) in [6.45, 7) is 0.145. The predicted molar refractivity (Wildman–Crippen MR) is 58.7 cm³/mol. The topological polar surface area (TPSA) is 57.6 Å². The van der Waals surface area contributed by atoms with E-state index in [1.807, 2.05) is 0 Å². The van der Waals surface area contributed by atoms with Crippen molar-refractivity contribution in [3.8, 4) is 0 Å². The molecular weight excluding hydrogens is 230 g/mol. The van der Waals surface area contributed by atoms with Crippen molar-refractivity contribution in [3.63, 3.8) is 0 Å². The van der Waals surface area contributed by atoms with Crippen molar-refractivity contribution in [2.24, 2.45) is 0 Å². The lowest BCUT2D eigenvalue weighted by molar-refractivity contribution is -0.137. The fraction of sp³-hybridized carbons (Fsp3) is 0.273. The van der Waals surface area contributed by atoms with E-state index in [0.717, 1.165) is 5.56 Å². The molecule has 1 amide bonds. The molecule has 1 N–H and O–H groups in total. The summed E-state index contributed by atoms with van der Waals surface area (Å²) in [6.07, 6.45) is 0.605. The third-order valence-electron chi connectivity index (χ3n) is 2.59. The van der Waals surface area contributed by atoms with Crippen LogP contribution in [0.2, 0.25) is 5.02 Å². The van der Waals surface area contributed by atoms with Crippen molar-refractivity contribution in [3.05, 3.63) is 34.3 Å². The standard InChI is InChI=1S/C11H10ClNO3/c12-9-3-1-2-8-7(9)4-5-13(11(8)16)6-10(14)15/h1-3H,4-6H2,(H,14,15). The fourth-order valence-electron chi connectivity index (χ4n) is 1.85. The smallest absolute Gasteiger partial charge is 0.323 e. The molecule has 1 aromatic rings. The second-order valence-corrected chi connectivity index (χ2v) is 4.04. The molecule has 0 fully saturated rings. The molecule has 84 valence electrons. The molecule has 0 bridgehead atoms. The maximum Gasteiger partial charge on any atom is 0.323 e. The van der Waals surface area contributed by atoms with Crippen LogP contribution in [0.4, 0.5) is 0 Å². The van der Waals surface area contributed by atoms with Crippen LogP contribution in [0.3, 0.4) is 0 Å². The van der Waals surface area contributed by atoms with E-state index < -0.39 is 5.97 Å². The second kappa shape index (κ2) is 4.14. The largest absolute Gasteiger partial charge is 0.480 e. The van der Waals surface area contributed by atoms with E-state index in [9.17, 15) is 9.59 Å². The molecule has 0 radical (unpaired) electrons. The summed E-state index contributed by atoms with van der Waals surface area (Å²) in [5.74, 6) is -1.26. The van der Waals surface area contributed by atoms with Gasteiger partial charge in [0.2, 0.25) is 0 Å². The zero-order valence-corrected chi connectivity index (χ0v) is 9.20. The molecule has 1 heterocycles. The first-order valence-electron chi connectivity index (χ1n) is 4.88. The first-order chi connectivity index (χ1) is 7.59. The second-order valence-electron chi connectivity index (χ2n) is 3.64. The van der Waals surface area contributed by atoms with E-state index in [1.165, 1.54) is 4.90 Å². The van der Waals surface area contributed by atoms with Crippen molar-refractivity contribution < 1.29 is 14.7 Å². The Kier molecular flexibility index (Phi) is 2.83. The molecule has 4 nitrogen and oxygen atoms in total. The number of nitrogens with zero attached hydrogens (tertiary/aromatic N) is 1. The summed E-state index contributed by atoms with van der Waals surface area (Å²) < 4.78 is 0. The summed E-state index contributed by atoms with van der Waals surface area (Å²) in [7, 11) is 0. The van der Waals surface area contributed by atoms with Gasteiger partial charge in [-0.3, -0.25) is 9.59 Å². The SMILES string of the molecule is O=C(O)CN1CCc2c(Cl)cccc2C1=O. The van der Waals surface area contributed by atoms with Gasteiger partial charge in [-0.1, -0.05) is 17.7 Å². The highest BCUT2D eigenvalue weighted by Crippen LogP contribution is 2.25. The van der Waals surface area contributed by atoms with Gasteiger partial charge in [-0.15, -0.1) is 0 Å². The Balaban J connectivity index is 2.32. The van der Waals surface area contributed by atoms with Gasteiger partial charge in [-0.2, -0.15) is 0 Å². The van der Waals surface area contributed by atoms with Gasteiger partial charge in [0.25, 0.3) is 5.91 Å². The van der Waals surface area contributed by atoms with Gasteiger partial charge in [-0.25, -0.2) is 0 Å². The Hall–Kier alpha value is -1.55. The molecule has 0 aromatic heterocycles. The van der Waals surface area contributed by atoms with E-state index >= 15 is 0 Å². The van der Waals surface area contributed by atoms with Gasteiger partial charge in [0.15, 0.2) is 0 Å². The highest BCUT2D eigenvalue weighted by molar-refractivity contribution is 6.32. The molecule has 5 heteroatoms. The van der Waals surface area contributed by atoms with Gasteiger partial charge in [-0.05, 0) is 24.1 Å². The minimum Gasteiger partial charge on any atom is -0.480 e. The highest BCUT2D eigenvalue weighted by atomic mass is 35.5. The summed E-state index contributed by atoms with van der Waals surface area (Å²) >= 11 is 5.97. The highest BCUT2D eigenvalue weighted by Gasteiger charge is 2.26. The number of carbonyl (C=O) groups is 2. The Labute approximate surface area is 97.4 Å². The van der Waals surface area contributed by atoms with Crippen LogP contribution in [0.1, 0.15) is 15.9 Å². The number of fused-ring (bicyclic) bond motifs is 1. The summed E-state index contributed by atoms with van der Waals surface area (Å²) in [5.41, 5.74) is 1.33. The number of hydrogen-bond acceptors (Lipinski definition) is 2. The van der Waals surface area contributed by atoms with Crippen LogP contribution in [0.25, 0.3) is 0 Å². The number of hydrogen-bond donors (Lipinski definition) is 1. The van der Waals surface area contributed by atoms with Crippen LogP contribution in [0.15, 0.2) is 18.2 Å². The molecule has 1 aliphatic heterocycles. The quantitative estimate of drug-likeness (QED) is 0.849. The summed E-state index contributed by atoms with van der Waals surface area (Å²) in [5, 5.41) is 9.24. The molecule has 0 saturated carbocycles. The van der Waals surface area contributed by atoms with Gasteiger partial charge in [0.1, 0.15) is 6.54 Å². The van der Waals surface area contributed by atoms with Crippen LogP contribution in [-0.2, 0) is 11.2 Å². The van der Waals surface area contributed by atoms with Crippen molar-refractivity contribution >= 4 is 23.5 Å². The van der Waals surface area contributed by atoms with Crippen LogP contribution in [-0.4, -0.2) is 35.0 Å². The monoisotopic (exact) mass is 239 g/mol. The first kappa shape index (κ1) is 11.0. The lowest BCUT2D eigenvalue weighted by Crippen LogP contribution is -2.40. The van der Waals surface area contributed by atoms with Crippen LogP contribution < -0.4 is 0 Å². The van der Waals surface area contributed by atoms with Crippen molar-refractivity contribution in [2.45, 2.75) is 6.42 Å². The normalized spacial score (nSPS) is 14.8. The van der Waals surface area contributed by atoms with Gasteiger partial charge >= 0.3 is 5.97 Å². The predicted octanol–water partition coefficient (Wildman–Crippen LogP) is 1.42. The summed E-state index contributed by atoms with van der Waals surface area (Å²) in [6, 6.07) is 5.11. The van der Waals surface area contributed by atoms with E-state index in [0.29, 0.717) is 23.6 Å². The molecule has 16 heavy (non-hydrogen) atoms. The fourth-order valence-corrected chi connectivity index (χ4v) is 2.11. The number of amides is 1. The third kappa shape index (κ3) is 1.88. The van der Waals surface area contributed by atoms with Gasteiger partial charge < -0.3 is 10.0 Å². The molecule has 0 spiro atoms. The molecule has 0 unspecified atom stereocenters. The number of carboxylic acids is 1. The zero-order valence-electron chi connectivity index (χ0n) is 8.44. The van der Waals surface area contributed by atoms with Crippen molar-refractivity contribution in [1.82, 2.24) is 4.90 Å². The molecule has 2 rings (SSSR count). The Morgan fingerprint density at radius 1 is 1.50 bits per heavy atom. The Morgan fingerprint density at radius 3 is 2.94 bits per heavy atom. The Morgan fingerprint density at radius 2 is 2.25 bits per heavy atom. The van der Waals surface area contributed by atoms with E-state index in [4.69, 9.17) is 16.7 Å². The lowest BCUT2D eigenvalue weighted by atomic mass is 9.99. The van der Waals surface area contributed by atoms with Gasteiger partial charge in [0, 0.05) is 17.1 Å². The minimum absolute atomic E-state index is 0.258. The molecule has 0 aliphatic carbocycles. The number of aliphatic carboxylic acids is 1. The van der Waals surface area contributed by atoms with Crippen molar-refractivity contribution in [2.75, 3.05) is 13.1 Å². The number of rotatable bonds is 2. The number of halogens is 1. The zero-order chi connectivity index (χ0) is 11.7. The van der Waals surface area contributed by atoms with E-state index in [2.05, 4.69) is 0 Å². The van der Waals surface area contributed by atoms with Crippen LogP contribution >= 0.6 is 11.6 Å². The molecule has 0 saturated heterocycles. The molecule has 0 atom stereocenters. The Bertz CT molecular complexity index is 459. The van der Waals surface area contributed by atoms with Gasteiger partial charge in [0.05, 0.1) is 0 Å². The third-order valence-corrected chi connectivity index (χ3v) is 2.95. The maximum absolute atomic E-state index is 11.9. The maximum atomic E-state index is 11.9. The lowest BCUT2D eigenvalue weighted by Gasteiger charge is -2.27. The van der Waals surface area contributed by atoms with Crippen LogP contribution in [0.5, 0.6) is 0 Å². The molecule has 1 aromatic carbocycles. The van der Waals surface area contributed by atoms with Crippen molar-refractivity contribution in [1.29, 1.82) is 0 Å². The minimum atomic E-state index is -1.00. The first-order valence-corrected chi connectivity index (χ1v) is 5.26. The number of carboxylic acid groups (broad SMARTS) is 1. The van der Waals surface area contributed by atoms with E-state index in [-0.39, 0.29) is 12.5 Å². The molecule has 1 aliphatic rings. The van der Waals surface area contributed by atoms with Crippen LogP contribution in [0, 0.1) is 0 Å². The average Bonchev–Trinajstić information content (AvgIpc) is 2.23. The summed E-state index contributed by atoms with van der Waals surface area (Å²) in [4.78, 5) is 23.8. The average molecular weight is 240 g/mol. The number of benzene rings is 1. The van der Waals surface area contributed by atoms with E-state index in [1.54, 1.807) is 18.2 Å².